The number of hydrogen-bond acceptors (Lipinski definition) is 4. The van der Waals surface area contributed by atoms with Crippen molar-refractivity contribution >= 4 is 5.91 Å². The van der Waals surface area contributed by atoms with E-state index in [1.165, 1.54) is 0 Å². The zero-order chi connectivity index (χ0) is 28.2. The van der Waals surface area contributed by atoms with Crippen LogP contribution in [0.5, 0.6) is 0 Å². The van der Waals surface area contributed by atoms with Crippen LogP contribution in [0, 0.1) is 23.7 Å². The molecule has 3 unspecified atom stereocenters. The van der Waals surface area contributed by atoms with Gasteiger partial charge in [0.25, 0.3) is 0 Å². The van der Waals surface area contributed by atoms with E-state index in [9.17, 15) is 31.1 Å². The monoisotopic (exact) mass is 569 g/mol. The predicted molar refractivity (Wildman–Crippen MR) is 136 cm³/mol. The van der Waals surface area contributed by atoms with Gasteiger partial charge in [-0.05, 0) is 63.2 Å². The normalized spacial score (nSPS) is 30.3. The van der Waals surface area contributed by atoms with Crippen LogP contribution < -0.4 is 0 Å². The molecule has 1 amide bonds. The second-order valence-electron chi connectivity index (χ2n) is 12.4. The molecule has 2 aliphatic heterocycles. The molecule has 2 saturated carbocycles. The maximum atomic E-state index is 13.8. The van der Waals surface area contributed by atoms with Crippen LogP contribution in [-0.2, 0) is 9.53 Å². The number of nitrogens with zero attached hydrogens (tertiary/aromatic N) is 3. The summed E-state index contributed by atoms with van der Waals surface area (Å²) >= 11 is 0. The maximum Gasteiger partial charge on any atom is 0.391 e. The molecule has 0 aromatic heterocycles. The number of likely N-dealkylation sites (tertiary alicyclic amines) is 1. The highest BCUT2D eigenvalue weighted by molar-refractivity contribution is 5.82. The summed E-state index contributed by atoms with van der Waals surface area (Å²) < 4.78 is 86.0. The number of piperidine rings is 1. The molecule has 4 fully saturated rings. The molecule has 2 aliphatic carbocycles. The predicted octanol–water partition coefficient (Wildman–Crippen LogP) is 5.74. The molecule has 226 valence electrons. The molecule has 0 spiro atoms. The van der Waals surface area contributed by atoms with Gasteiger partial charge in [-0.15, -0.1) is 0 Å². The topological polar surface area (TPSA) is 36.0 Å². The number of halogens is 6. The minimum Gasteiger partial charge on any atom is -0.379 e. The standard InChI is InChI=1S/C28H45F6N3O2/c1-35(10-7-20-17-22(27(29,30)31)19-23(18-20)28(32,33)34)26(38)25(21-5-3-2-4-6-21)37-11-8-24(9-12-37)36-13-15-39-16-14-36/h20-25H,2-19H2,1H3. The van der Waals surface area contributed by atoms with Gasteiger partial charge in [0.2, 0.25) is 5.91 Å². The third kappa shape index (κ3) is 8.24. The van der Waals surface area contributed by atoms with E-state index < -0.39 is 36.5 Å². The molecule has 2 heterocycles. The third-order valence-electron chi connectivity index (χ3n) is 9.78. The highest BCUT2D eigenvalue weighted by atomic mass is 19.4. The van der Waals surface area contributed by atoms with Crippen LogP contribution >= 0.6 is 0 Å². The Balaban J connectivity index is 1.37. The number of alkyl halides is 6. The molecule has 0 bridgehead atoms. The van der Waals surface area contributed by atoms with Gasteiger partial charge in [0.05, 0.1) is 31.1 Å². The van der Waals surface area contributed by atoms with E-state index in [2.05, 4.69) is 9.80 Å². The Morgan fingerprint density at radius 2 is 1.41 bits per heavy atom. The smallest absolute Gasteiger partial charge is 0.379 e. The minimum atomic E-state index is -4.64. The second-order valence-corrected chi connectivity index (χ2v) is 12.4. The zero-order valence-electron chi connectivity index (χ0n) is 23.1. The van der Waals surface area contributed by atoms with E-state index in [1.54, 1.807) is 11.9 Å². The summed E-state index contributed by atoms with van der Waals surface area (Å²) in [5, 5.41) is 0. The van der Waals surface area contributed by atoms with Gasteiger partial charge in [-0.25, -0.2) is 0 Å². The molecule has 39 heavy (non-hydrogen) atoms. The summed E-state index contributed by atoms with van der Waals surface area (Å²) in [7, 11) is 1.67. The number of amides is 1. The molecule has 0 radical (unpaired) electrons. The van der Waals surface area contributed by atoms with E-state index in [1.807, 2.05) is 0 Å². The molecule has 4 aliphatic rings. The molecule has 0 aromatic carbocycles. The van der Waals surface area contributed by atoms with Crippen LogP contribution in [0.4, 0.5) is 26.3 Å². The lowest BCUT2D eigenvalue weighted by molar-refractivity contribution is -0.229. The van der Waals surface area contributed by atoms with Gasteiger partial charge in [0.1, 0.15) is 0 Å². The van der Waals surface area contributed by atoms with Gasteiger partial charge in [-0.3, -0.25) is 14.6 Å². The first-order valence-corrected chi connectivity index (χ1v) is 14.9. The van der Waals surface area contributed by atoms with Crippen LogP contribution in [0.2, 0.25) is 0 Å². The number of carbonyl (C=O) groups excluding carboxylic acids is 1. The quantitative estimate of drug-likeness (QED) is 0.367. The van der Waals surface area contributed by atoms with Crippen LogP contribution in [0.3, 0.4) is 0 Å². The minimum absolute atomic E-state index is 0.0257. The molecule has 0 aromatic rings. The Morgan fingerprint density at radius 3 is 1.95 bits per heavy atom. The molecule has 4 rings (SSSR count). The van der Waals surface area contributed by atoms with Gasteiger partial charge in [0, 0.05) is 45.8 Å². The van der Waals surface area contributed by atoms with E-state index in [4.69, 9.17) is 4.74 Å². The number of carbonyl (C=O) groups is 1. The molecular formula is C28H45F6N3O2. The lowest BCUT2D eigenvalue weighted by atomic mass is 9.73. The van der Waals surface area contributed by atoms with Gasteiger partial charge in [-0.1, -0.05) is 19.3 Å². The van der Waals surface area contributed by atoms with Crippen molar-refractivity contribution in [3.63, 3.8) is 0 Å². The van der Waals surface area contributed by atoms with Gasteiger partial charge < -0.3 is 9.64 Å². The summed E-state index contributed by atoms with van der Waals surface area (Å²) in [5.74, 6) is -4.36. The lowest BCUT2D eigenvalue weighted by Gasteiger charge is -2.45. The molecule has 0 N–H and O–H groups in total. The van der Waals surface area contributed by atoms with Crippen molar-refractivity contribution in [2.75, 3.05) is 53.0 Å². The summed E-state index contributed by atoms with van der Waals surface area (Å²) in [4.78, 5) is 20.2. The fraction of sp³-hybridized carbons (Fsp3) is 0.964. The Bertz CT molecular complexity index is 752. The molecule has 11 heteroatoms. The van der Waals surface area contributed by atoms with Crippen molar-refractivity contribution in [1.29, 1.82) is 0 Å². The molecule has 5 nitrogen and oxygen atoms in total. The fourth-order valence-corrected chi connectivity index (χ4v) is 7.50. The first kappa shape index (κ1) is 30.9. The first-order chi connectivity index (χ1) is 18.4. The summed E-state index contributed by atoms with van der Waals surface area (Å²) in [6, 6.07) is 0.220. The summed E-state index contributed by atoms with van der Waals surface area (Å²) in [6.07, 6.45) is -3.31. The number of likely N-dealkylation sites (N-methyl/N-ethyl adjacent to an activating group) is 1. The fourth-order valence-electron chi connectivity index (χ4n) is 7.50. The van der Waals surface area contributed by atoms with E-state index >= 15 is 0 Å². The highest BCUT2D eigenvalue weighted by Gasteiger charge is 2.51. The Labute approximate surface area is 228 Å². The van der Waals surface area contributed by atoms with E-state index in [-0.39, 0.29) is 43.7 Å². The van der Waals surface area contributed by atoms with Crippen LogP contribution in [0.15, 0.2) is 0 Å². The first-order valence-electron chi connectivity index (χ1n) is 14.9. The Morgan fingerprint density at radius 1 is 0.846 bits per heavy atom. The number of morpholine rings is 1. The summed E-state index contributed by atoms with van der Waals surface area (Å²) in [5.41, 5.74) is 0. The van der Waals surface area contributed by atoms with Crippen molar-refractivity contribution in [2.45, 2.75) is 95.1 Å². The average Bonchev–Trinajstić information content (AvgIpc) is 2.92. The van der Waals surface area contributed by atoms with Crippen molar-refractivity contribution in [3.8, 4) is 0 Å². The Kier molecular flexibility index (Phi) is 10.5. The van der Waals surface area contributed by atoms with Crippen molar-refractivity contribution in [3.05, 3.63) is 0 Å². The van der Waals surface area contributed by atoms with Crippen molar-refractivity contribution in [2.24, 2.45) is 23.7 Å². The van der Waals surface area contributed by atoms with Gasteiger partial charge >= 0.3 is 12.4 Å². The zero-order valence-corrected chi connectivity index (χ0v) is 23.1. The van der Waals surface area contributed by atoms with Crippen LogP contribution in [0.25, 0.3) is 0 Å². The molecular weight excluding hydrogens is 524 g/mol. The second kappa shape index (κ2) is 13.3. The van der Waals surface area contributed by atoms with Crippen molar-refractivity contribution < 1.29 is 35.9 Å². The number of rotatable bonds is 7. The average molecular weight is 570 g/mol. The summed E-state index contributed by atoms with van der Waals surface area (Å²) in [6.45, 7) is 5.21. The van der Waals surface area contributed by atoms with E-state index in [0.29, 0.717) is 6.04 Å². The maximum absolute atomic E-state index is 13.8. The number of hydrogen-bond donors (Lipinski definition) is 0. The van der Waals surface area contributed by atoms with Gasteiger partial charge in [-0.2, -0.15) is 26.3 Å². The molecule has 2 saturated heterocycles. The highest BCUT2D eigenvalue weighted by Crippen LogP contribution is 2.48. The SMILES string of the molecule is CN(CCC1CC(C(F)(F)F)CC(C(F)(F)F)C1)C(=O)C(C1CCCCC1)N1CCC(N2CCOCC2)CC1. The molecule has 3 atom stereocenters. The third-order valence-corrected chi connectivity index (χ3v) is 9.78. The lowest BCUT2D eigenvalue weighted by Crippen LogP contribution is -2.57. The van der Waals surface area contributed by atoms with Gasteiger partial charge in [0.15, 0.2) is 0 Å². The Hall–Kier alpha value is -1.07. The van der Waals surface area contributed by atoms with E-state index in [0.717, 1.165) is 84.3 Å². The number of ether oxygens (including phenoxy) is 1. The van der Waals surface area contributed by atoms with Crippen LogP contribution in [-0.4, -0.2) is 98.0 Å². The van der Waals surface area contributed by atoms with Crippen LogP contribution in [0.1, 0.15) is 70.6 Å². The largest absolute Gasteiger partial charge is 0.391 e. The van der Waals surface area contributed by atoms with Crippen molar-refractivity contribution in [1.82, 2.24) is 14.7 Å².